The summed E-state index contributed by atoms with van der Waals surface area (Å²) in [5, 5.41) is 46.0. The van der Waals surface area contributed by atoms with Crippen molar-refractivity contribution in [2.45, 2.75) is 75.1 Å². The van der Waals surface area contributed by atoms with Crippen LogP contribution in [-0.4, -0.2) is 121 Å². The molecule has 2 aliphatic rings. The van der Waals surface area contributed by atoms with Crippen LogP contribution >= 0.6 is 0 Å². The second-order valence-electron chi connectivity index (χ2n) is 7.42. The highest BCUT2D eigenvalue weighted by Gasteiger charge is 2.52. The van der Waals surface area contributed by atoms with Gasteiger partial charge >= 0.3 is 0 Å². The van der Waals surface area contributed by atoms with E-state index in [1.165, 1.54) is 28.1 Å². The van der Waals surface area contributed by atoms with Gasteiger partial charge in [-0.25, -0.2) is 0 Å². The van der Waals surface area contributed by atoms with E-state index in [2.05, 4.69) is 10.6 Å². The third kappa shape index (κ3) is 5.88. The van der Waals surface area contributed by atoms with E-state index in [1.807, 2.05) is 0 Å². The van der Waals surface area contributed by atoms with Crippen molar-refractivity contribution in [1.82, 2.24) is 10.6 Å². The van der Waals surface area contributed by atoms with Crippen molar-refractivity contribution in [3.8, 4) is 0 Å². The molecule has 13 nitrogen and oxygen atoms in total. The fraction of sp³-hybridized carbons (Fsp3) is 0.889. The molecule has 2 amide bonds. The quantitative estimate of drug-likeness (QED) is 0.212. The molecule has 180 valence electrons. The van der Waals surface area contributed by atoms with Crippen molar-refractivity contribution in [3.05, 3.63) is 0 Å². The molecule has 0 saturated carbocycles. The monoisotopic (exact) mass is 452 g/mol. The van der Waals surface area contributed by atoms with E-state index in [-0.39, 0.29) is 0 Å². The lowest BCUT2D eigenvalue weighted by atomic mass is 9.94. The molecular weight excluding hydrogens is 420 g/mol. The van der Waals surface area contributed by atoms with Gasteiger partial charge in [0.2, 0.25) is 11.8 Å². The highest BCUT2D eigenvalue weighted by Crippen LogP contribution is 2.30. The van der Waals surface area contributed by atoms with Crippen LogP contribution in [0.1, 0.15) is 13.8 Å². The van der Waals surface area contributed by atoms with Crippen molar-refractivity contribution in [2.75, 3.05) is 27.4 Å². The predicted octanol–water partition coefficient (Wildman–Crippen LogP) is -3.80. The topological polar surface area (TPSA) is 185 Å². The summed E-state index contributed by atoms with van der Waals surface area (Å²) in [4.78, 5) is 23.2. The summed E-state index contributed by atoms with van der Waals surface area (Å²) >= 11 is 0. The molecule has 2 rings (SSSR count). The highest BCUT2D eigenvalue weighted by atomic mass is 16.7. The zero-order valence-electron chi connectivity index (χ0n) is 17.8. The smallest absolute Gasteiger partial charge is 0.217 e. The van der Waals surface area contributed by atoms with Gasteiger partial charge in [0.1, 0.15) is 48.7 Å². The Bertz CT molecular complexity index is 609. The van der Waals surface area contributed by atoms with Crippen molar-refractivity contribution < 1.29 is 53.7 Å². The minimum absolute atomic E-state index is 0.459. The maximum atomic E-state index is 11.7. The largest absolute Gasteiger partial charge is 0.394 e. The summed E-state index contributed by atoms with van der Waals surface area (Å²) in [6.07, 6.45) is -9.45. The number of amides is 2. The molecule has 2 fully saturated rings. The minimum Gasteiger partial charge on any atom is -0.394 e. The van der Waals surface area contributed by atoms with Gasteiger partial charge in [-0.05, 0) is 0 Å². The molecule has 2 saturated heterocycles. The predicted molar refractivity (Wildman–Crippen MR) is 101 cm³/mol. The summed E-state index contributed by atoms with van der Waals surface area (Å²) in [6, 6.07) is -2.17. The van der Waals surface area contributed by atoms with Gasteiger partial charge in [0.05, 0.1) is 13.2 Å². The van der Waals surface area contributed by atoms with Crippen LogP contribution in [0.25, 0.3) is 0 Å². The first-order chi connectivity index (χ1) is 14.7. The van der Waals surface area contributed by atoms with Gasteiger partial charge in [-0.3, -0.25) is 9.59 Å². The molecule has 2 heterocycles. The summed E-state index contributed by atoms with van der Waals surface area (Å²) in [7, 11) is 2.63. The van der Waals surface area contributed by atoms with E-state index in [9.17, 15) is 30.0 Å². The van der Waals surface area contributed by atoms with Crippen molar-refractivity contribution >= 4 is 11.8 Å². The normalized spacial score (nSPS) is 40.9. The summed E-state index contributed by atoms with van der Waals surface area (Å²) < 4.78 is 27.5. The van der Waals surface area contributed by atoms with Crippen molar-refractivity contribution in [2.24, 2.45) is 0 Å². The third-order valence-corrected chi connectivity index (χ3v) is 5.24. The lowest BCUT2D eigenvalue weighted by Gasteiger charge is -2.48. The fourth-order valence-electron chi connectivity index (χ4n) is 3.84. The standard InChI is InChI=1S/C18H32N2O11/c1-7(23)19-11-14(26)16(10(6-22)29-17(11)28-4)31-18-12(20-8(2)24)13(25)15(27-3)9(5-21)30-18/h9-18,21-22,25-26H,5-6H2,1-4H3,(H,19,23)(H,20,24)/t9?,10?,11?,12?,13-,14-,15-,16-,17-,18+/m1/s1. The number of carbonyl (C=O) groups is 2. The molecule has 31 heavy (non-hydrogen) atoms. The minimum atomic E-state index is -1.41. The Morgan fingerprint density at radius 1 is 0.806 bits per heavy atom. The molecular formula is C18H32N2O11. The molecule has 0 aromatic carbocycles. The second-order valence-corrected chi connectivity index (χ2v) is 7.42. The van der Waals surface area contributed by atoms with Gasteiger partial charge < -0.3 is 54.7 Å². The van der Waals surface area contributed by atoms with E-state index >= 15 is 0 Å². The lowest BCUT2D eigenvalue weighted by molar-refractivity contribution is -0.331. The molecule has 6 N–H and O–H groups in total. The number of hydrogen-bond donors (Lipinski definition) is 6. The van der Waals surface area contributed by atoms with Crippen LogP contribution in [0.4, 0.5) is 0 Å². The average Bonchev–Trinajstić information content (AvgIpc) is 2.72. The number of rotatable bonds is 8. The Kier molecular flexibility index (Phi) is 9.54. The Labute approximate surface area is 179 Å². The first-order valence-electron chi connectivity index (χ1n) is 9.82. The van der Waals surface area contributed by atoms with Crippen LogP contribution in [0.5, 0.6) is 0 Å². The number of hydrogen-bond acceptors (Lipinski definition) is 11. The van der Waals surface area contributed by atoms with Gasteiger partial charge in [-0.1, -0.05) is 0 Å². The molecule has 4 unspecified atom stereocenters. The number of methoxy groups -OCH3 is 2. The van der Waals surface area contributed by atoms with Crippen LogP contribution in [0.3, 0.4) is 0 Å². The van der Waals surface area contributed by atoms with Gasteiger partial charge in [0.15, 0.2) is 12.6 Å². The van der Waals surface area contributed by atoms with Crippen molar-refractivity contribution in [3.63, 3.8) is 0 Å². The van der Waals surface area contributed by atoms with E-state index < -0.39 is 86.3 Å². The summed E-state index contributed by atoms with van der Waals surface area (Å²) in [5.74, 6) is -0.951. The maximum absolute atomic E-state index is 11.7. The Balaban J connectivity index is 2.30. The summed E-state index contributed by atoms with van der Waals surface area (Å²) in [6.45, 7) is 1.39. The summed E-state index contributed by atoms with van der Waals surface area (Å²) in [5.41, 5.74) is 0. The van der Waals surface area contributed by atoms with Gasteiger partial charge in [-0.15, -0.1) is 0 Å². The average molecular weight is 452 g/mol. The zero-order chi connectivity index (χ0) is 23.3. The Hall–Kier alpha value is -1.42. The van der Waals surface area contributed by atoms with Crippen LogP contribution in [0.15, 0.2) is 0 Å². The molecule has 0 aromatic heterocycles. The second kappa shape index (κ2) is 11.4. The van der Waals surface area contributed by atoms with Crippen molar-refractivity contribution in [1.29, 1.82) is 0 Å². The fourth-order valence-corrected chi connectivity index (χ4v) is 3.84. The number of nitrogens with one attached hydrogen (secondary N) is 2. The van der Waals surface area contributed by atoms with Crippen LogP contribution < -0.4 is 10.6 Å². The number of aliphatic hydroxyl groups excluding tert-OH is 4. The molecule has 0 aliphatic carbocycles. The van der Waals surface area contributed by atoms with E-state index in [0.29, 0.717) is 0 Å². The first kappa shape index (κ1) is 25.8. The van der Waals surface area contributed by atoms with Gasteiger partial charge in [-0.2, -0.15) is 0 Å². The molecule has 0 radical (unpaired) electrons. The van der Waals surface area contributed by atoms with Crippen LogP contribution in [-0.2, 0) is 33.3 Å². The highest BCUT2D eigenvalue weighted by molar-refractivity contribution is 5.73. The molecule has 0 aromatic rings. The van der Waals surface area contributed by atoms with Crippen LogP contribution in [0, 0.1) is 0 Å². The molecule has 13 heteroatoms. The first-order valence-corrected chi connectivity index (χ1v) is 9.82. The van der Waals surface area contributed by atoms with E-state index in [1.54, 1.807) is 0 Å². The van der Waals surface area contributed by atoms with Gasteiger partial charge in [0, 0.05) is 28.1 Å². The van der Waals surface area contributed by atoms with E-state index in [4.69, 9.17) is 23.7 Å². The third-order valence-electron chi connectivity index (χ3n) is 5.24. The lowest BCUT2D eigenvalue weighted by Crippen LogP contribution is -2.69. The number of ether oxygens (including phenoxy) is 5. The zero-order valence-corrected chi connectivity index (χ0v) is 17.8. The maximum Gasteiger partial charge on any atom is 0.217 e. The molecule has 2 aliphatic heterocycles. The number of aliphatic hydroxyl groups is 4. The number of carbonyl (C=O) groups excluding carboxylic acids is 2. The van der Waals surface area contributed by atoms with Gasteiger partial charge in [0.25, 0.3) is 0 Å². The van der Waals surface area contributed by atoms with Crippen LogP contribution in [0.2, 0.25) is 0 Å². The Morgan fingerprint density at radius 2 is 1.26 bits per heavy atom. The molecule has 10 atom stereocenters. The molecule has 0 spiro atoms. The Morgan fingerprint density at radius 3 is 1.71 bits per heavy atom. The molecule has 0 bridgehead atoms. The SMILES string of the molecule is CO[C@@H]1OC(CO)[C@@H](O[C@@H]2OC(CO)[C@@H](OC)[C@H](O)C2NC(C)=O)[C@H](O)C1NC(C)=O. The van der Waals surface area contributed by atoms with E-state index in [0.717, 1.165) is 0 Å².